The number of ketones is 2. The summed E-state index contributed by atoms with van der Waals surface area (Å²) in [7, 11) is 5.17. The summed E-state index contributed by atoms with van der Waals surface area (Å²) in [6, 6.07) is 8.32. The predicted molar refractivity (Wildman–Crippen MR) is 223 cm³/mol. The minimum absolute atomic E-state index is 0.0607. The molecule has 3 fully saturated rings. The molecule has 1 aromatic heterocycles. The molecule has 330 valence electrons. The average Bonchev–Trinajstić information content (AvgIpc) is 3.47. The van der Waals surface area contributed by atoms with Crippen molar-refractivity contribution in [3.05, 3.63) is 54.2 Å². The number of aryl methyl sites for hydroxylation is 1. The van der Waals surface area contributed by atoms with Gasteiger partial charge in [-0.3, -0.25) is 24.2 Å². The Kier molecular flexibility index (Phi) is 15.1. The summed E-state index contributed by atoms with van der Waals surface area (Å²) in [4.78, 5) is 76.7. The molecule has 14 heteroatoms. The van der Waals surface area contributed by atoms with Crippen LogP contribution in [0.5, 0.6) is 0 Å². The van der Waals surface area contributed by atoms with E-state index < -0.39 is 95.1 Å². The number of ether oxygens (including phenoxy) is 5. The summed E-state index contributed by atoms with van der Waals surface area (Å²) in [5.41, 5.74) is -0.971. The molecule has 14 atom stereocenters. The van der Waals surface area contributed by atoms with Crippen LogP contribution in [0.15, 0.2) is 48.7 Å². The maximum absolute atomic E-state index is 14.7. The highest BCUT2D eigenvalue weighted by Crippen LogP contribution is 2.45. The third kappa shape index (κ3) is 9.83. The van der Waals surface area contributed by atoms with Gasteiger partial charge in [-0.05, 0) is 97.7 Å². The molecule has 3 aliphatic rings. The number of aromatic nitrogens is 1. The van der Waals surface area contributed by atoms with Crippen molar-refractivity contribution in [3.63, 3.8) is 0 Å². The number of esters is 2. The van der Waals surface area contributed by atoms with E-state index in [9.17, 15) is 29.1 Å². The van der Waals surface area contributed by atoms with Crippen molar-refractivity contribution < 1.29 is 52.8 Å². The molecule has 0 saturated carbocycles. The average molecular weight is 836 g/mol. The normalized spacial score (nSPS) is 37.1. The highest BCUT2D eigenvalue weighted by molar-refractivity contribution is 6.00. The van der Waals surface area contributed by atoms with Gasteiger partial charge in [-0.2, -0.15) is 0 Å². The van der Waals surface area contributed by atoms with E-state index in [2.05, 4.69) is 16.4 Å². The number of Topliss-reactive ketones (excluding diaryl/α,β-unsaturated/α-hetero) is 2. The third-order valence-corrected chi connectivity index (χ3v) is 13.2. The molecule has 2 aromatic rings. The molecule has 0 radical (unpaired) electrons. The number of carbonyl (C=O) groups excluding carboxylic acids is 5. The van der Waals surface area contributed by atoms with Crippen LogP contribution in [0.2, 0.25) is 0 Å². The summed E-state index contributed by atoms with van der Waals surface area (Å²) in [5, 5.41) is 15.3. The Hall–Kier alpha value is -4.08. The van der Waals surface area contributed by atoms with Crippen LogP contribution in [0, 0.1) is 29.6 Å². The van der Waals surface area contributed by atoms with Gasteiger partial charge < -0.3 is 39.0 Å². The fourth-order valence-corrected chi connectivity index (χ4v) is 9.68. The zero-order chi connectivity index (χ0) is 44.3. The van der Waals surface area contributed by atoms with Gasteiger partial charge in [0.25, 0.3) is 0 Å². The van der Waals surface area contributed by atoms with E-state index in [1.54, 1.807) is 47.6 Å². The molecule has 60 heavy (non-hydrogen) atoms. The number of benzene rings is 1. The minimum atomic E-state index is -1.55. The molecule has 1 amide bonds. The number of hydrogen-bond donors (Lipinski definition) is 2. The lowest BCUT2D eigenvalue weighted by Gasteiger charge is -2.47. The smallest absolute Gasteiger partial charge is 0.329 e. The number of allylic oxidation sites excluding steroid dienone is 1. The molecule has 0 bridgehead atoms. The number of aliphatic hydroxyl groups is 1. The second kappa shape index (κ2) is 19.3. The molecule has 5 rings (SSSR count). The molecule has 3 aliphatic heterocycles. The van der Waals surface area contributed by atoms with Crippen LogP contribution in [0.4, 0.5) is 0 Å². The fourth-order valence-electron chi connectivity index (χ4n) is 9.68. The minimum Gasteiger partial charge on any atom is -0.458 e. The zero-order valence-electron chi connectivity index (χ0n) is 37.0. The second-order valence-corrected chi connectivity index (χ2v) is 17.8. The van der Waals surface area contributed by atoms with Crippen molar-refractivity contribution >= 4 is 40.3 Å². The van der Waals surface area contributed by atoms with Crippen molar-refractivity contribution in [2.45, 2.75) is 141 Å². The van der Waals surface area contributed by atoms with Crippen molar-refractivity contribution in [3.8, 4) is 0 Å². The molecule has 14 nitrogen and oxygen atoms in total. The fraction of sp³-hybridized carbons (Fsp3) is 0.652. The number of fused-ring (bicyclic) bond motifs is 2. The molecule has 1 aromatic carbocycles. The van der Waals surface area contributed by atoms with Crippen molar-refractivity contribution in [2.75, 3.05) is 21.2 Å². The molecule has 4 heterocycles. The molecule has 3 saturated heterocycles. The van der Waals surface area contributed by atoms with Gasteiger partial charge in [-0.15, -0.1) is 0 Å². The van der Waals surface area contributed by atoms with E-state index in [0.29, 0.717) is 19.3 Å². The number of nitrogens with zero attached hydrogens (tertiary/aromatic N) is 2. The number of carbonyl (C=O) groups is 5. The van der Waals surface area contributed by atoms with Crippen LogP contribution in [-0.4, -0.2) is 120 Å². The van der Waals surface area contributed by atoms with Crippen molar-refractivity contribution in [2.24, 2.45) is 29.6 Å². The summed E-state index contributed by atoms with van der Waals surface area (Å²) >= 11 is 0. The van der Waals surface area contributed by atoms with Crippen LogP contribution in [-0.2, 0) is 54.1 Å². The number of methoxy groups -OCH3 is 1. The quantitative estimate of drug-likeness (QED) is 0.190. The maximum atomic E-state index is 14.7. The highest BCUT2D eigenvalue weighted by Gasteiger charge is 2.62. The number of aliphatic hydroxyl groups excluding tert-OH is 1. The number of likely N-dealkylation sites (N-methyl/N-ethyl adjacent to an activating group) is 1. The SMILES string of the molecule is CC[C@H]1OC(=O)[C@H](C)C(=O)[C@H](C)[C@@H](O[C@@H]2O[C@H](C)C[C@H](N(C)C)[C@H]2O)[C@](C)(OC)C[C@@H](C)C(=O)[C@H](C)[C@H]2C(NC(=O)/C=C/CCc3cnc4ccccc4c3)C(=O)O[C@@]21C. The van der Waals surface area contributed by atoms with Gasteiger partial charge in [-0.25, -0.2) is 4.79 Å². The molecule has 2 N–H and O–H groups in total. The topological polar surface area (TPSA) is 180 Å². The zero-order valence-corrected chi connectivity index (χ0v) is 37.0. The lowest BCUT2D eigenvalue weighted by atomic mass is 9.69. The predicted octanol–water partition coefficient (Wildman–Crippen LogP) is 4.76. The van der Waals surface area contributed by atoms with E-state index in [-0.39, 0.29) is 30.8 Å². The van der Waals surface area contributed by atoms with E-state index in [1.807, 2.05) is 56.4 Å². The van der Waals surface area contributed by atoms with E-state index >= 15 is 0 Å². The Balaban J connectivity index is 1.44. The van der Waals surface area contributed by atoms with Gasteiger partial charge in [0.05, 0.1) is 23.3 Å². The second-order valence-electron chi connectivity index (χ2n) is 17.8. The standard InChI is InChI=1S/C46H65N3O11/c1-12-34-46(8)36(37(43(55)60-46)48-35(50)20-16-13-17-30-22-31-18-14-15-19-32(31)47-24-30)27(4)38(51)25(2)23-45(7,56-11)41(28(5)39(52)29(6)42(54)58-34)59-44-40(53)33(49(9)10)21-26(3)57-44/h14-16,18-20,22,24-29,33-34,36-37,40-41,44,53H,12-13,17,21,23H2,1-11H3,(H,48,50)/b20-16+/t25-,26-,27-,28+,29-,33+,34-,36+,37?,40-,41-,44+,45-,46-/m1/s1. The lowest BCUT2D eigenvalue weighted by Crippen LogP contribution is -2.59. The van der Waals surface area contributed by atoms with Gasteiger partial charge >= 0.3 is 11.9 Å². The number of amides is 1. The first-order valence-electron chi connectivity index (χ1n) is 21.3. The third-order valence-electron chi connectivity index (χ3n) is 13.2. The lowest BCUT2D eigenvalue weighted by molar-refractivity contribution is -0.295. The number of hydrogen-bond acceptors (Lipinski definition) is 13. The van der Waals surface area contributed by atoms with Crippen LogP contribution < -0.4 is 5.32 Å². The number of cyclic esters (lactones) is 1. The van der Waals surface area contributed by atoms with Crippen LogP contribution in [0.3, 0.4) is 0 Å². The Labute approximate surface area is 354 Å². The summed E-state index contributed by atoms with van der Waals surface area (Å²) < 4.78 is 31.0. The Morgan fingerprint density at radius 2 is 1.73 bits per heavy atom. The molecule has 0 aliphatic carbocycles. The Morgan fingerprint density at radius 1 is 1.03 bits per heavy atom. The summed E-state index contributed by atoms with van der Waals surface area (Å²) in [5.74, 6) is -7.79. The molecular weight excluding hydrogens is 771 g/mol. The van der Waals surface area contributed by atoms with Gasteiger partial charge in [0.1, 0.15) is 30.0 Å². The number of rotatable bonds is 10. The van der Waals surface area contributed by atoms with E-state index in [4.69, 9.17) is 23.7 Å². The van der Waals surface area contributed by atoms with Gasteiger partial charge in [0.2, 0.25) is 5.91 Å². The van der Waals surface area contributed by atoms with Gasteiger partial charge in [-0.1, -0.05) is 52.0 Å². The van der Waals surface area contributed by atoms with Crippen LogP contribution in [0.25, 0.3) is 10.9 Å². The van der Waals surface area contributed by atoms with Crippen molar-refractivity contribution in [1.29, 1.82) is 0 Å². The van der Waals surface area contributed by atoms with Gasteiger partial charge in [0, 0.05) is 48.4 Å². The summed E-state index contributed by atoms with van der Waals surface area (Å²) in [6.45, 7) is 13.5. The van der Waals surface area contributed by atoms with E-state index in [1.165, 1.54) is 20.1 Å². The highest BCUT2D eigenvalue weighted by atomic mass is 16.7. The number of nitrogens with one attached hydrogen (secondary N) is 1. The first-order valence-corrected chi connectivity index (χ1v) is 21.3. The van der Waals surface area contributed by atoms with Crippen molar-refractivity contribution in [1.82, 2.24) is 15.2 Å². The Morgan fingerprint density at radius 3 is 2.40 bits per heavy atom. The largest absolute Gasteiger partial charge is 0.458 e. The van der Waals surface area contributed by atoms with E-state index in [0.717, 1.165) is 16.5 Å². The number of pyridine rings is 1. The number of para-hydroxylation sites is 1. The van der Waals surface area contributed by atoms with Crippen LogP contribution >= 0.6 is 0 Å². The summed E-state index contributed by atoms with van der Waals surface area (Å²) in [6.07, 6.45) is 2.16. The van der Waals surface area contributed by atoms with Crippen LogP contribution in [0.1, 0.15) is 86.6 Å². The van der Waals surface area contributed by atoms with Gasteiger partial charge in [0.15, 0.2) is 17.7 Å². The molecular formula is C46H65N3O11. The first-order chi connectivity index (χ1) is 28.3. The molecule has 1 unspecified atom stereocenters. The molecule has 0 spiro atoms. The monoisotopic (exact) mass is 835 g/mol. The Bertz CT molecular complexity index is 1920. The maximum Gasteiger partial charge on any atom is 0.329 e. The first kappa shape index (κ1) is 47.0.